The molecule has 0 aliphatic carbocycles. The van der Waals surface area contributed by atoms with E-state index in [1.807, 2.05) is 0 Å². The highest BCUT2D eigenvalue weighted by Crippen LogP contribution is 2.46. The molecule has 0 radical (unpaired) electrons. The van der Waals surface area contributed by atoms with Crippen LogP contribution in [-0.4, -0.2) is 21.7 Å². The Hall–Kier alpha value is 1.82. The highest BCUT2D eigenvalue weighted by atomic mass is 35.5. The number of benzene rings is 2. The molecule has 0 heterocycles. The summed E-state index contributed by atoms with van der Waals surface area (Å²) in [6.07, 6.45) is 0. The smallest absolute Gasteiger partial charge is 0.134 e. The number of nitrogens with one attached hydrogen (secondary N) is 2. The average Bonchev–Trinajstić information content (AvgIpc) is 2.81. The number of hydrogen-bond acceptors (Lipinski definition) is 4. The molecule has 0 aliphatic rings. The van der Waals surface area contributed by atoms with Crippen LogP contribution in [-0.2, 0) is 11.5 Å². The van der Waals surface area contributed by atoms with Crippen molar-refractivity contribution in [3.63, 3.8) is 0 Å². The van der Waals surface area contributed by atoms with Gasteiger partial charge in [0.1, 0.15) is 8.64 Å². The van der Waals surface area contributed by atoms with E-state index in [1.165, 1.54) is 23.5 Å². The minimum Gasteiger partial charge on any atom is -0.369 e. The molecule has 2 rings (SSSR count). The van der Waals surface area contributed by atoms with Crippen molar-refractivity contribution < 1.29 is 0 Å². The lowest BCUT2D eigenvalue weighted by molar-refractivity contribution is 0.833. The van der Waals surface area contributed by atoms with Gasteiger partial charge in [-0.2, -0.15) is 0 Å². The Bertz CT molecular complexity index is 983. The molecular weight excluding hydrogens is 727 g/mol. The third-order valence-electron chi connectivity index (χ3n) is 3.96. The van der Waals surface area contributed by atoms with Crippen LogP contribution in [0.3, 0.4) is 0 Å². The Balaban J connectivity index is 1.79. The van der Waals surface area contributed by atoms with E-state index >= 15 is 0 Å². The minimum atomic E-state index is 0.111. The summed E-state index contributed by atoms with van der Waals surface area (Å²) >= 11 is 74.6. The Kier molecular flexibility index (Phi) is 14.0. The Labute approximate surface area is 266 Å². The zero-order valence-electron chi connectivity index (χ0n) is 16.2. The van der Waals surface area contributed by atoms with Gasteiger partial charge in [-0.15, -0.1) is 0 Å². The molecule has 0 unspecified atom stereocenters. The van der Waals surface area contributed by atoms with Gasteiger partial charge in [-0.3, -0.25) is 0 Å². The molecule has 0 amide bonds. The number of thioether (sulfide) groups is 2. The Morgan fingerprint density at radius 3 is 0.971 bits per heavy atom. The molecule has 0 spiro atoms. The topological polar surface area (TPSA) is 24.1 Å². The summed E-state index contributed by atoms with van der Waals surface area (Å²) in [4.78, 5) is 0. The average molecular weight is 737 g/mol. The van der Waals surface area contributed by atoms with Gasteiger partial charge in [0, 0.05) is 35.7 Å². The molecule has 0 bridgehead atoms. The molecule has 186 valence electrons. The molecule has 34 heavy (non-hydrogen) atoms. The second-order valence-corrected chi connectivity index (χ2v) is 13.2. The first-order valence-electron chi connectivity index (χ1n) is 8.70. The van der Waals surface area contributed by atoms with Crippen LogP contribution in [0.25, 0.3) is 0 Å². The second kappa shape index (κ2) is 14.8. The van der Waals surface area contributed by atoms with E-state index in [4.69, 9.17) is 140 Å². The van der Waals surface area contributed by atoms with Crippen molar-refractivity contribution >= 4 is 173 Å². The molecule has 2 N–H and O–H groups in total. The van der Waals surface area contributed by atoms with Gasteiger partial charge < -0.3 is 10.6 Å². The van der Waals surface area contributed by atoms with Crippen molar-refractivity contribution in [2.75, 3.05) is 13.1 Å². The first-order chi connectivity index (χ1) is 15.9. The number of halogens is 10. The largest absolute Gasteiger partial charge is 0.369 e. The van der Waals surface area contributed by atoms with Crippen LogP contribution in [0.5, 0.6) is 0 Å². The zero-order valence-corrected chi connectivity index (χ0v) is 27.1. The number of thiocarbonyl (C=S) groups is 2. The van der Waals surface area contributed by atoms with Crippen molar-refractivity contribution in [2.45, 2.75) is 11.5 Å². The van der Waals surface area contributed by atoms with Gasteiger partial charge in [0.15, 0.2) is 0 Å². The molecule has 0 aliphatic heterocycles. The Morgan fingerprint density at radius 1 is 0.471 bits per heavy atom. The SMILES string of the molecule is S=C(NCCNC(=S)SCc1c(Cl)c(Cl)c(Cl)c(Cl)c1Cl)SCc1c(Cl)c(Cl)c(Cl)c(Cl)c1Cl. The van der Waals surface area contributed by atoms with E-state index in [0.717, 1.165) is 0 Å². The predicted molar refractivity (Wildman–Crippen MR) is 167 cm³/mol. The van der Waals surface area contributed by atoms with Gasteiger partial charge >= 0.3 is 0 Å². The van der Waals surface area contributed by atoms with Gasteiger partial charge in [0.2, 0.25) is 0 Å². The van der Waals surface area contributed by atoms with Crippen molar-refractivity contribution in [1.82, 2.24) is 10.6 Å². The summed E-state index contributed by atoms with van der Waals surface area (Å²) < 4.78 is 1.05. The van der Waals surface area contributed by atoms with Crippen LogP contribution in [0.2, 0.25) is 50.2 Å². The lowest BCUT2D eigenvalue weighted by Crippen LogP contribution is -2.31. The highest BCUT2D eigenvalue weighted by molar-refractivity contribution is 8.22. The molecule has 0 saturated heterocycles. The van der Waals surface area contributed by atoms with E-state index in [0.29, 0.717) is 44.4 Å². The van der Waals surface area contributed by atoms with Crippen molar-refractivity contribution in [3.8, 4) is 0 Å². The van der Waals surface area contributed by atoms with Gasteiger partial charge in [0.25, 0.3) is 0 Å². The van der Waals surface area contributed by atoms with Crippen LogP contribution in [0.4, 0.5) is 0 Å². The maximum absolute atomic E-state index is 6.24. The molecule has 2 aromatic rings. The molecule has 2 nitrogen and oxygen atoms in total. The van der Waals surface area contributed by atoms with Crippen LogP contribution >= 0.6 is 164 Å². The normalized spacial score (nSPS) is 11.0. The molecule has 16 heteroatoms. The first-order valence-corrected chi connectivity index (χ1v) is 15.3. The zero-order chi connectivity index (χ0) is 25.7. The number of hydrogen-bond donors (Lipinski definition) is 2. The van der Waals surface area contributed by atoms with Crippen LogP contribution in [0.15, 0.2) is 0 Å². The summed E-state index contributed by atoms with van der Waals surface area (Å²) in [5, 5.41) is 7.95. The van der Waals surface area contributed by atoms with Crippen LogP contribution in [0, 0.1) is 0 Å². The molecule has 0 aromatic heterocycles. The summed E-state index contributed by atoms with van der Waals surface area (Å²) in [7, 11) is 0. The van der Waals surface area contributed by atoms with Crippen LogP contribution in [0.1, 0.15) is 11.1 Å². The first kappa shape index (κ1) is 32.0. The molecule has 2 aromatic carbocycles. The quantitative estimate of drug-likeness (QED) is 0.127. The summed E-state index contributed by atoms with van der Waals surface area (Å²) in [5.74, 6) is 0.713. The van der Waals surface area contributed by atoms with Gasteiger partial charge in [0.05, 0.1) is 50.2 Å². The summed E-state index contributed by atoms with van der Waals surface area (Å²) in [6.45, 7) is 1.02. The molecule has 0 saturated carbocycles. The lowest BCUT2D eigenvalue weighted by Gasteiger charge is -2.14. The standard InChI is InChI=1S/C18H10Cl10N2S4/c19-7-5(8(20)12(24)15(27)11(7)23)3-33-17(31)29-1-2-30-18(32)34-4-6-9(21)13(25)16(28)14(26)10(6)22/h1-4H2,(H,29,31)(H,30,32). The third-order valence-corrected chi connectivity index (χ3v) is 11.3. The maximum Gasteiger partial charge on any atom is 0.134 e. The highest BCUT2D eigenvalue weighted by Gasteiger charge is 2.20. The van der Waals surface area contributed by atoms with E-state index in [1.54, 1.807) is 0 Å². The summed E-state index contributed by atoms with van der Waals surface area (Å²) in [5.41, 5.74) is 1.10. The van der Waals surface area contributed by atoms with E-state index < -0.39 is 0 Å². The molecule has 0 fully saturated rings. The van der Waals surface area contributed by atoms with Gasteiger partial charge in [-0.05, 0) is 0 Å². The fourth-order valence-electron chi connectivity index (χ4n) is 2.26. The number of rotatable bonds is 7. The van der Waals surface area contributed by atoms with Gasteiger partial charge in [-0.25, -0.2) is 0 Å². The molecular formula is C18H10Cl10N2S4. The predicted octanol–water partition coefficient (Wildman–Crippen LogP) is 11.1. The van der Waals surface area contributed by atoms with Gasteiger partial charge in [-0.1, -0.05) is 164 Å². The molecule has 0 atom stereocenters. The monoisotopic (exact) mass is 732 g/mol. The van der Waals surface area contributed by atoms with Crippen LogP contribution < -0.4 is 10.6 Å². The fourth-order valence-corrected chi connectivity index (χ4v) is 7.29. The second-order valence-electron chi connectivity index (χ2n) is 6.10. The van der Waals surface area contributed by atoms with Crippen molar-refractivity contribution in [2.24, 2.45) is 0 Å². The van der Waals surface area contributed by atoms with E-state index in [-0.39, 0.29) is 50.2 Å². The van der Waals surface area contributed by atoms with Crippen molar-refractivity contribution in [1.29, 1.82) is 0 Å². The van der Waals surface area contributed by atoms with E-state index in [9.17, 15) is 0 Å². The van der Waals surface area contributed by atoms with Crippen molar-refractivity contribution in [3.05, 3.63) is 61.4 Å². The lowest BCUT2D eigenvalue weighted by atomic mass is 10.2. The maximum atomic E-state index is 6.24. The summed E-state index contributed by atoms with van der Waals surface area (Å²) in [6, 6.07) is 0. The fraction of sp³-hybridized carbons (Fsp3) is 0.222. The third kappa shape index (κ3) is 8.16. The minimum absolute atomic E-state index is 0.111. The van der Waals surface area contributed by atoms with E-state index in [2.05, 4.69) is 10.6 Å². The Morgan fingerprint density at radius 2 is 0.706 bits per heavy atom.